The zero-order valence-electron chi connectivity index (χ0n) is 15.8. The third-order valence-corrected chi connectivity index (χ3v) is 5.46. The number of ether oxygens (including phenoxy) is 1. The Kier molecular flexibility index (Phi) is 7.33. The van der Waals surface area contributed by atoms with E-state index in [-0.39, 0.29) is 23.3 Å². The van der Waals surface area contributed by atoms with Crippen molar-refractivity contribution in [2.45, 2.75) is 36.0 Å². The lowest BCUT2D eigenvalue weighted by Gasteiger charge is -2.13. The molecule has 1 fully saturated rings. The van der Waals surface area contributed by atoms with Crippen LogP contribution in [-0.4, -0.2) is 36.4 Å². The van der Waals surface area contributed by atoms with Crippen LogP contribution in [0, 0.1) is 0 Å². The maximum absolute atomic E-state index is 12.4. The first-order chi connectivity index (χ1) is 13.6. The van der Waals surface area contributed by atoms with Gasteiger partial charge < -0.3 is 20.7 Å². The number of benzene rings is 2. The van der Waals surface area contributed by atoms with Crippen molar-refractivity contribution in [3.63, 3.8) is 0 Å². The van der Waals surface area contributed by atoms with Crippen LogP contribution in [0.25, 0.3) is 0 Å². The maximum Gasteiger partial charge on any atom is 0.319 e. The van der Waals surface area contributed by atoms with E-state index in [1.165, 1.54) is 11.8 Å². The fourth-order valence-electron chi connectivity index (χ4n) is 2.82. The molecule has 6 nitrogen and oxygen atoms in total. The van der Waals surface area contributed by atoms with Crippen LogP contribution < -0.4 is 16.0 Å². The molecule has 2 atom stereocenters. The highest BCUT2D eigenvalue weighted by molar-refractivity contribution is 8.00. The highest BCUT2D eigenvalue weighted by Gasteiger charge is 2.16. The van der Waals surface area contributed by atoms with Crippen molar-refractivity contribution < 1.29 is 14.3 Å². The molecule has 0 aliphatic carbocycles. The first-order valence-corrected chi connectivity index (χ1v) is 10.3. The molecule has 1 saturated heterocycles. The van der Waals surface area contributed by atoms with Gasteiger partial charge in [0.1, 0.15) is 0 Å². The largest absolute Gasteiger partial charge is 0.376 e. The third-order valence-electron chi connectivity index (χ3n) is 4.35. The predicted octanol–water partition coefficient (Wildman–Crippen LogP) is 4.11. The Labute approximate surface area is 169 Å². The maximum atomic E-state index is 12.4. The van der Waals surface area contributed by atoms with Gasteiger partial charge in [-0.2, -0.15) is 0 Å². The standard InChI is InChI=1S/C21H25N3O3S/c1-15(28-19-7-3-2-4-8-19)20(25)23-16-9-11-17(12-10-16)24-21(26)22-14-18-6-5-13-27-18/h2-4,7-12,15,18H,5-6,13-14H2,1H3,(H,23,25)(H2,22,24,26). The second kappa shape index (κ2) is 10.1. The quantitative estimate of drug-likeness (QED) is 0.612. The lowest BCUT2D eigenvalue weighted by Crippen LogP contribution is -2.35. The summed E-state index contributed by atoms with van der Waals surface area (Å²) in [6, 6.07) is 16.6. The number of hydrogen-bond acceptors (Lipinski definition) is 4. The summed E-state index contributed by atoms with van der Waals surface area (Å²) >= 11 is 1.51. The monoisotopic (exact) mass is 399 g/mol. The molecule has 0 saturated carbocycles. The van der Waals surface area contributed by atoms with Gasteiger partial charge in [0, 0.05) is 29.4 Å². The van der Waals surface area contributed by atoms with E-state index >= 15 is 0 Å². The second-order valence-electron chi connectivity index (χ2n) is 6.61. The topological polar surface area (TPSA) is 79.5 Å². The highest BCUT2D eigenvalue weighted by Crippen LogP contribution is 2.24. The van der Waals surface area contributed by atoms with E-state index in [0.717, 1.165) is 24.3 Å². The molecule has 148 valence electrons. The molecule has 1 heterocycles. The number of anilines is 2. The molecule has 3 N–H and O–H groups in total. The first-order valence-electron chi connectivity index (χ1n) is 9.39. The molecular weight excluding hydrogens is 374 g/mol. The van der Waals surface area contributed by atoms with E-state index in [4.69, 9.17) is 4.74 Å². The highest BCUT2D eigenvalue weighted by atomic mass is 32.2. The number of thioether (sulfide) groups is 1. The van der Waals surface area contributed by atoms with Gasteiger partial charge in [0.25, 0.3) is 0 Å². The molecule has 2 aromatic rings. The molecule has 28 heavy (non-hydrogen) atoms. The van der Waals surface area contributed by atoms with Crippen molar-refractivity contribution in [2.75, 3.05) is 23.8 Å². The van der Waals surface area contributed by atoms with Crippen LogP contribution in [0.15, 0.2) is 59.5 Å². The van der Waals surface area contributed by atoms with Gasteiger partial charge in [-0.05, 0) is 56.2 Å². The van der Waals surface area contributed by atoms with Crippen LogP contribution in [0.2, 0.25) is 0 Å². The Morgan fingerprint density at radius 1 is 1.07 bits per heavy atom. The number of amides is 3. The number of urea groups is 1. The normalized spacial score (nSPS) is 17.0. The number of carbonyl (C=O) groups is 2. The number of carbonyl (C=O) groups excluding carboxylic acids is 2. The molecule has 0 bridgehead atoms. The smallest absolute Gasteiger partial charge is 0.319 e. The fourth-order valence-corrected chi connectivity index (χ4v) is 3.71. The summed E-state index contributed by atoms with van der Waals surface area (Å²) in [5.41, 5.74) is 1.35. The average Bonchev–Trinajstić information content (AvgIpc) is 3.22. The molecule has 2 unspecified atom stereocenters. The SMILES string of the molecule is CC(Sc1ccccc1)C(=O)Nc1ccc(NC(=O)NCC2CCCO2)cc1. The Balaban J connectivity index is 1.44. The molecule has 1 aliphatic rings. The van der Waals surface area contributed by atoms with E-state index in [0.29, 0.717) is 17.9 Å². The van der Waals surface area contributed by atoms with Crippen LogP contribution in [0.3, 0.4) is 0 Å². The lowest BCUT2D eigenvalue weighted by molar-refractivity contribution is -0.115. The summed E-state index contributed by atoms with van der Waals surface area (Å²) in [5.74, 6) is -0.0659. The Hall–Kier alpha value is -2.51. The van der Waals surface area contributed by atoms with Crippen molar-refractivity contribution in [2.24, 2.45) is 0 Å². The van der Waals surface area contributed by atoms with E-state index in [1.54, 1.807) is 24.3 Å². The van der Waals surface area contributed by atoms with Crippen LogP contribution >= 0.6 is 11.8 Å². The number of rotatable bonds is 7. The minimum absolute atomic E-state index is 0.0659. The zero-order chi connectivity index (χ0) is 19.8. The predicted molar refractivity (Wildman–Crippen MR) is 113 cm³/mol. The van der Waals surface area contributed by atoms with Gasteiger partial charge in [-0.25, -0.2) is 4.79 Å². The van der Waals surface area contributed by atoms with Crippen LogP contribution in [-0.2, 0) is 9.53 Å². The van der Waals surface area contributed by atoms with Gasteiger partial charge in [0.2, 0.25) is 5.91 Å². The number of hydrogen-bond donors (Lipinski definition) is 3. The van der Waals surface area contributed by atoms with Crippen LogP contribution in [0.4, 0.5) is 16.2 Å². The first kappa shape index (κ1) is 20.2. The van der Waals surface area contributed by atoms with E-state index in [1.807, 2.05) is 37.3 Å². The van der Waals surface area contributed by atoms with Crippen molar-refractivity contribution in [3.05, 3.63) is 54.6 Å². The van der Waals surface area contributed by atoms with Crippen molar-refractivity contribution in [3.8, 4) is 0 Å². The molecule has 0 spiro atoms. The van der Waals surface area contributed by atoms with E-state index in [2.05, 4.69) is 16.0 Å². The molecule has 3 rings (SSSR count). The molecule has 2 aromatic carbocycles. The molecule has 0 radical (unpaired) electrons. The second-order valence-corrected chi connectivity index (χ2v) is 8.02. The minimum atomic E-state index is -0.264. The summed E-state index contributed by atoms with van der Waals surface area (Å²) in [4.78, 5) is 25.4. The summed E-state index contributed by atoms with van der Waals surface area (Å²) in [6.07, 6.45) is 2.14. The molecular formula is C21H25N3O3S. The minimum Gasteiger partial charge on any atom is -0.376 e. The summed E-state index contributed by atoms with van der Waals surface area (Å²) < 4.78 is 5.48. The number of nitrogens with one attached hydrogen (secondary N) is 3. The Morgan fingerprint density at radius 3 is 2.39 bits per heavy atom. The Bertz CT molecular complexity index is 777. The summed E-state index contributed by atoms with van der Waals surface area (Å²) in [6.45, 7) is 3.15. The van der Waals surface area contributed by atoms with Crippen LogP contribution in [0.5, 0.6) is 0 Å². The van der Waals surface area contributed by atoms with Gasteiger partial charge in [0.05, 0.1) is 11.4 Å². The van der Waals surface area contributed by atoms with Gasteiger partial charge in [-0.15, -0.1) is 11.8 Å². The molecule has 0 aromatic heterocycles. The van der Waals surface area contributed by atoms with E-state index in [9.17, 15) is 9.59 Å². The van der Waals surface area contributed by atoms with Crippen molar-refractivity contribution in [1.82, 2.24) is 5.32 Å². The van der Waals surface area contributed by atoms with Crippen LogP contribution in [0.1, 0.15) is 19.8 Å². The van der Waals surface area contributed by atoms with Gasteiger partial charge in [-0.1, -0.05) is 18.2 Å². The van der Waals surface area contributed by atoms with E-state index < -0.39 is 0 Å². The molecule has 3 amide bonds. The van der Waals surface area contributed by atoms with Crippen molar-refractivity contribution in [1.29, 1.82) is 0 Å². The molecule has 1 aliphatic heterocycles. The van der Waals surface area contributed by atoms with Gasteiger partial charge >= 0.3 is 6.03 Å². The van der Waals surface area contributed by atoms with Gasteiger partial charge in [-0.3, -0.25) is 4.79 Å². The fraction of sp³-hybridized carbons (Fsp3) is 0.333. The lowest BCUT2D eigenvalue weighted by atomic mass is 10.2. The molecule has 7 heteroatoms. The van der Waals surface area contributed by atoms with Crippen molar-refractivity contribution >= 4 is 35.1 Å². The Morgan fingerprint density at radius 2 is 1.75 bits per heavy atom. The summed E-state index contributed by atoms with van der Waals surface area (Å²) in [5, 5.41) is 8.27. The average molecular weight is 400 g/mol. The zero-order valence-corrected chi connectivity index (χ0v) is 16.6. The van der Waals surface area contributed by atoms with Gasteiger partial charge in [0.15, 0.2) is 0 Å². The summed E-state index contributed by atoms with van der Waals surface area (Å²) in [7, 11) is 0. The third kappa shape index (κ3) is 6.28.